The van der Waals surface area contributed by atoms with Gasteiger partial charge in [0.2, 0.25) is 0 Å². The van der Waals surface area contributed by atoms with Crippen LogP contribution >= 0.6 is 11.3 Å². The number of ketones is 1. The predicted molar refractivity (Wildman–Crippen MR) is 39.1 cm³/mol. The number of Topliss-reactive ketones (excluding diaryl/α,β-unsaturated/α-hetero) is 1. The first-order valence-corrected chi connectivity index (χ1v) is 3.69. The van der Waals surface area contributed by atoms with E-state index in [0.29, 0.717) is 0 Å². The average Bonchev–Trinajstić information content (AvgIpc) is 2.33. The molecule has 0 bridgehead atoms. The van der Waals surface area contributed by atoms with Gasteiger partial charge in [0.1, 0.15) is 0 Å². The van der Waals surface area contributed by atoms with Gasteiger partial charge in [0, 0.05) is 12.3 Å². The van der Waals surface area contributed by atoms with Gasteiger partial charge in [0.05, 0.1) is 0 Å². The number of aromatic carboxylic acids is 1. The number of hydrogen-bond acceptors (Lipinski definition) is 4. The van der Waals surface area contributed by atoms with Crippen LogP contribution in [0.25, 0.3) is 0 Å². The summed E-state index contributed by atoms with van der Waals surface area (Å²) < 4.78 is 0. The number of hydrogen-bond donors (Lipinski definition) is 1. The fraction of sp³-hybridized carbons (Fsp3) is 0.167. The zero-order valence-electron chi connectivity index (χ0n) is 5.70. The highest BCUT2D eigenvalue weighted by molar-refractivity contribution is 7.11. The van der Waals surface area contributed by atoms with Crippen LogP contribution < -0.4 is 0 Å². The summed E-state index contributed by atoms with van der Waals surface area (Å²) in [6.07, 6.45) is 0. The van der Waals surface area contributed by atoms with E-state index < -0.39 is 5.97 Å². The van der Waals surface area contributed by atoms with E-state index >= 15 is 0 Å². The molecule has 4 nitrogen and oxygen atoms in total. The van der Waals surface area contributed by atoms with E-state index in [-0.39, 0.29) is 16.5 Å². The highest BCUT2D eigenvalue weighted by atomic mass is 32.1. The lowest BCUT2D eigenvalue weighted by Crippen LogP contribution is -1.98. The molecular formula is C6H5NO3S. The van der Waals surface area contributed by atoms with Gasteiger partial charge < -0.3 is 5.11 Å². The number of thiazole rings is 1. The van der Waals surface area contributed by atoms with Crippen molar-refractivity contribution < 1.29 is 14.7 Å². The molecule has 0 saturated carbocycles. The highest BCUT2D eigenvalue weighted by Gasteiger charge is 2.10. The lowest BCUT2D eigenvalue weighted by molar-refractivity contribution is 0.0691. The van der Waals surface area contributed by atoms with E-state index in [9.17, 15) is 9.59 Å². The van der Waals surface area contributed by atoms with Crippen molar-refractivity contribution in [1.82, 2.24) is 4.98 Å². The van der Waals surface area contributed by atoms with Crippen LogP contribution in [0.2, 0.25) is 0 Å². The van der Waals surface area contributed by atoms with E-state index in [1.54, 1.807) is 0 Å². The second-order valence-electron chi connectivity index (χ2n) is 1.90. The monoisotopic (exact) mass is 171 g/mol. The van der Waals surface area contributed by atoms with Crippen molar-refractivity contribution in [2.75, 3.05) is 0 Å². The van der Waals surface area contributed by atoms with Gasteiger partial charge in [-0.2, -0.15) is 0 Å². The van der Waals surface area contributed by atoms with E-state index in [0.717, 1.165) is 11.3 Å². The summed E-state index contributed by atoms with van der Waals surface area (Å²) in [6, 6.07) is 0. The van der Waals surface area contributed by atoms with E-state index in [1.165, 1.54) is 12.3 Å². The van der Waals surface area contributed by atoms with Crippen molar-refractivity contribution in [3.05, 3.63) is 16.1 Å². The SMILES string of the molecule is CC(=O)c1nc(C(=O)O)cs1. The molecule has 0 atom stereocenters. The molecule has 0 spiro atoms. The predicted octanol–water partition coefficient (Wildman–Crippen LogP) is 1.04. The standard InChI is InChI=1S/C6H5NO3S/c1-3(8)5-7-4(2-11-5)6(9)10/h2H,1H3,(H,9,10). The summed E-state index contributed by atoms with van der Waals surface area (Å²) in [5, 5.41) is 10.00. The summed E-state index contributed by atoms with van der Waals surface area (Å²) in [5.74, 6) is -1.31. The zero-order chi connectivity index (χ0) is 8.43. The van der Waals surface area contributed by atoms with Crippen molar-refractivity contribution in [2.24, 2.45) is 0 Å². The van der Waals surface area contributed by atoms with Gasteiger partial charge in [-0.05, 0) is 0 Å². The van der Waals surface area contributed by atoms with Crippen molar-refractivity contribution in [2.45, 2.75) is 6.92 Å². The maximum absolute atomic E-state index is 10.6. The lowest BCUT2D eigenvalue weighted by Gasteiger charge is -1.82. The normalized spacial score (nSPS) is 9.55. The van der Waals surface area contributed by atoms with Crippen LogP contribution in [0, 0.1) is 0 Å². The highest BCUT2D eigenvalue weighted by Crippen LogP contribution is 2.09. The molecule has 1 rings (SSSR count). The Bertz CT molecular complexity index is 276. The molecule has 0 aliphatic heterocycles. The summed E-state index contributed by atoms with van der Waals surface area (Å²) in [6.45, 7) is 1.35. The third kappa shape index (κ3) is 1.62. The minimum Gasteiger partial charge on any atom is -0.476 e. The summed E-state index contributed by atoms with van der Waals surface area (Å²) >= 11 is 1.04. The molecule has 0 unspecified atom stereocenters. The van der Waals surface area contributed by atoms with Gasteiger partial charge in [-0.1, -0.05) is 0 Å². The number of carbonyl (C=O) groups is 2. The molecule has 11 heavy (non-hydrogen) atoms. The van der Waals surface area contributed by atoms with E-state index in [4.69, 9.17) is 5.11 Å². The number of nitrogens with zero attached hydrogens (tertiary/aromatic N) is 1. The average molecular weight is 171 g/mol. The summed E-state index contributed by atoms with van der Waals surface area (Å²) in [5.41, 5.74) is -0.0693. The molecule has 0 amide bonds. The van der Waals surface area contributed by atoms with Crippen LogP contribution in [-0.2, 0) is 0 Å². The zero-order valence-corrected chi connectivity index (χ0v) is 6.51. The second-order valence-corrected chi connectivity index (χ2v) is 2.76. The quantitative estimate of drug-likeness (QED) is 0.675. The summed E-state index contributed by atoms with van der Waals surface area (Å²) in [7, 11) is 0. The molecule has 1 N–H and O–H groups in total. The Hall–Kier alpha value is -1.23. The van der Waals surface area contributed by atoms with E-state index in [2.05, 4.69) is 4.98 Å². The lowest BCUT2D eigenvalue weighted by atomic mass is 10.4. The van der Waals surface area contributed by atoms with Crippen LogP contribution in [0.15, 0.2) is 5.38 Å². The Morgan fingerprint density at radius 2 is 2.27 bits per heavy atom. The first-order valence-electron chi connectivity index (χ1n) is 2.81. The fourth-order valence-electron chi connectivity index (χ4n) is 0.534. The molecule has 1 heterocycles. The molecule has 0 aliphatic rings. The van der Waals surface area contributed by atoms with Crippen molar-refractivity contribution >= 4 is 23.1 Å². The Balaban J connectivity index is 2.99. The number of carboxylic acids is 1. The first kappa shape index (κ1) is 7.87. The largest absolute Gasteiger partial charge is 0.476 e. The molecule has 0 fully saturated rings. The van der Waals surface area contributed by atoms with Gasteiger partial charge >= 0.3 is 5.97 Å². The van der Waals surface area contributed by atoms with Crippen LogP contribution in [-0.4, -0.2) is 21.8 Å². The van der Waals surface area contributed by atoms with Gasteiger partial charge in [-0.25, -0.2) is 9.78 Å². The van der Waals surface area contributed by atoms with Crippen LogP contribution in [0.5, 0.6) is 0 Å². The van der Waals surface area contributed by atoms with Crippen LogP contribution in [0.4, 0.5) is 0 Å². The first-order chi connectivity index (χ1) is 5.11. The smallest absolute Gasteiger partial charge is 0.355 e. The van der Waals surface area contributed by atoms with Crippen molar-refractivity contribution in [3.8, 4) is 0 Å². The third-order valence-corrected chi connectivity index (χ3v) is 1.97. The number of aromatic nitrogens is 1. The molecule has 5 heteroatoms. The number of carbonyl (C=O) groups excluding carboxylic acids is 1. The van der Waals surface area contributed by atoms with E-state index in [1.807, 2.05) is 0 Å². The van der Waals surface area contributed by atoms with Gasteiger partial charge in [-0.3, -0.25) is 4.79 Å². The topological polar surface area (TPSA) is 67.3 Å². The molecule has 1 aromatic rings. The third-order valence-electron chi connectivity index (χ3n) is 1.02. The van der Waals surface area contributed by atoms with Gasteiger partial charge in [0.15, 0.2) is 16.5 Å². The Morgan fingerprint density at radius 1 is 1.64 bits per heavy atom. The number of rotatable bonds is 2. The van der Waals surface area contributed by atoms with Crippen molar-refractivity contribution in [1.29, 1.82) is 0 Å². The minimum absolute atomic E-state index is 0.0693. The fourth-order valence-corrected chi connectivity index (χ4v) is 1.23. The molecular weight excluding hydrogens is 166 g/mol. The molecule has 0 radical (unpaired) electrons. The molecule has 0 saturated heterocycles. The summed E-state index contributed by atoms with van der Waals surface area (Å²) in [4.78, 5) is 24.5. The van der Waals surface area contributed by atoms with Gasteiger partial charge in [-0.15, -0.1) is 11.3 Å². The van der Waals surface area contributed by atoms with Crippen molar-refractivity contribution in [3.63, 3.8) is 0 Å². The maximum Gasteiger partial charge on any atom is 0.355 e. The van der Waals surface area contributed by atoms with Crippen LogP contribution in [0.3, 0.4) is 0 Å². The Morgan fingerprint density at radius 3 is 2.55 bits per heavy atom. The Labute approximate surface area is 66.5 Å². The molecule has 0 aromatic carbocycles. The maximum atomic E-state index is 10.6. The Kier molecular flexibility index (Phi) is 2.00. The van der Waals surface area contributed by atoms with Crippen LogP contribution in [0.1, 0.15) is 27.2 Å². The molecule has 58 valence electrons. The van der Waals surface area contributed by atoms with Gasteiger partial charge in [0.25, 0.3) is 0 Å². The second kappa shape index (κ2) is 2.79. The minimum atomic E-state index is -1.10. The number of carboxylic acid groups (broad SMARTS) is 1. The molecule has 0 aliphatic carbocycles. The molecule has 1 aromatic heterocycles.